The van der Waals surface area contributed by atoms with Crippen LogP contribution in [0.5, 0.6) is 0 Å². The standard InChI is InChI=1S/C21H17ClN4O2S/c1-12(24-25-21-23-16-5-3-4-6-19(16)29-21)17-9-10-18(26(17)2)13-7-8-15(22)14(11-13)20(27)28/h3-12H,1-2H3,(H,27,28). The second kappa shape index (κ2) is 7.77. The van der Waals surface area contributed by atoms with Crippen LogP contribution in [0.15, 0.2) is 64.8 Å². The number of thiazole rings is 1. The number of carboxylic acids is 1. The van der Waals surface area contributed by atoms with Gasteiger partial charge in [0.2, 0.25) is 5.13 Å². The summed E-state index contributed by atoms with van der Waals surface area (Å²) in [6, 6.07) is 16.6. The van der Waals surface area contributed by atoms with Crippen molar-refractivity contribution in [1.29, 1.82) is 0 Å². The van der Waals surface area contributed by atoms with Crippen LogP contribution < -0.4 is 0 Å². The van der Waals surface area contributed by atoms with Crippen molar-refractivity contribution in [2.24, 2.45) is 17.3 Å². The van der Waals surface area contributed by atoms with Gasteiger partial charge in [-0.3, -0.25) is 0 Å². The van der Waals surface area contributed by atoms with Gasteiger partial charge < -0.3 is 9.67 Å². The van der Waals surface area contributed by atoms with Gasteiger partial charge in [0.1, 0.15) is 6.04 Å². The Morgan fingerprint density at radius 2 is 2.00 bits per heavy atom. The van der Waals surface area contributed by atoms with E-state index in [4.69, 9.17) is 11.6 Å². The molecule has 2 heterocycles. The fourth-order valence-electron chi connectivity index (χ4n) is 3.18. The first kappa shape index (κ1) is 19.3. The van der Waals surface area contributed by atoms with E-state index in [9.17, 15) is 9.90 Å². The minimum Gasteiger partial charge on any atom is -0.478 e. The third kappa shape index (κ3) is 3.79. The maximum atomic E-state index is 11.4. The molecule has 0 radical (unpaired) electrons. The third-order valence-electron chi connectivity index (χ3n) is 4.68. The van der Waals surface area contributed by atoms with Gasteiger partial charge in [0.25, 0.3) is 0 Å². The molecule has 8 heteroatoms. The Hall–Kier alpha value is -3.03. The highest BCUT2D eigenvalue weighted by molar-refractivity contribution is 7.21. The molecule has 0 aliphatic rings. The molecule has 0 spiro atoms. The van der Waals surface area contributed by atoms with Crippen LogP contribution in [-0.4, -0.2) is 20.6 Å². The Balaban J connectivity index is 1.61. The second-order valence-corrected chi connectivity index (χ2v) is 7.97. The predicted molar refractivity (Wildman–Crippen MR) is 115 cm³/mol. The van der Waals surface area contributed by atoms with Crippen molar-refractivity contribution < 1.29 is 9.90 Å². The normalized spacial score (nSPS) is 12.7. The van der Waals surface area contributed by atoms with Gasteiger partial charge in [0.05, 0.1) is 20.8 Å². The van der Waals surface area contributed by atoms with Crippen LogP contribution in [0.4, 0.5) is 5.13 Å². The van der Waals surface area contributed by atoms with E-state index >= 15 is 0 Å². The molecule has 2 aromatic carbocycles. The van der Waals surface area contributed by atoms with Gasteiger partial charge >= 0.3 is 5.97 Å². The molecule has 1 unspecified atom stereocenters. The number of para-hydroxylation sites is 1. The van der Waals surface area contributed by atoms with E-state index in [1.54, 1.807) is 18.2 Å². The molecular formula is C21H17ClN4O2S. The van der Waals surface area contributed by atoms with Crippen molar-refractivity contribution in [3.8, 4) is 11.3 Å². The van der Waals surface area contributed by atoms with Gasteiger partial charge in [-0.25, -0.2) is 9.78 Å². The number of aromatic carboxylic acids is 1. The Bertz CT molecular complexity index is 1210. The van der Waals surface area contributed by atoms with Crippen LogP contribution in [0.1, 0.15) is 29.0 Å². The van der Waals surface area contributed by atoms with Crippen molar-refractivity contribution in [1.82, 2.24) is 9.55 Å². The number of hydrogen-bond acceptors (Lipinski definition) is 5. The summed E-state index contributed by atoms with van der Waals surface area (Å²) in [4.78, 5) is 15.8. The van der Waals surface area contributed by atoms with E-state index in [-0.39, 0.29) is 16.6 Å². The van der Waals surface area contributed by atoms with E-state index in [0.29, 0.717) is 5.13 Å². The molecule has 4 rings (SSSR count). The Morgan fingerprint density at radius 1 is 1.21 bits per heavy atom. The van der Waals surface area contributed by atoms with Crippen LogP contribution in [0.3, 0.4) is 0 Å². The quantitative estimate of drug-likeness (QED) is 0.371. The zero-order chi connectivity index (χ0) is 20.5. The molecule has 146 valence electrons. The van der Waals surface area contributed by atoms with E-state index in [1.807, 2.05) is 54.9 Å². The van der Waals surface area contributed by atoms with E-state index in [1.165, 1.54) is 11.3 Å². The molecule has 6 nitrogen and oxygen atoms in total. The second-order valence-electron chi connectivity index (χ2n) is 6.56. The van der Waals surface area contributed by atoms with Crippen LogP contribution in [0.25, 0.3) is 21.5 Å². The number of nitrogens with zero attached hydrogens (tertiary/aromatic N) is 4. The number of azo groups is 1. The van der Waals surface area contributed by atoms with E-state index in [0.717, 1.165) is 27.2 Å². The van der Waals surface area contributed by atoms with Gasteiger partial charge in [-0.15, -0.1) is 5.11 Å². The molecule has 0 bridgehead atoms. The first-order valence-corrected chi connectivity index (χ1v) is 10.1. The minimum atomic E-state index is -1.05. The lowest BCUT2D eigenvalue weighted by Gasteiger charge is -2.11. The smallest absolute Gasteiger partial charge is 0.337 e. The number of rotatable bonds is 5. The summed E-state index contributed by atoms with van der Waals surface area (Å²) in [7, 11) is 1.92. The predicted octanol–water partition coefficient (Wildman–Crippen LogP) is 6.50. The topological polar surface area (TPSA) is 79.8 Å². The fourth-order valence-corrected chi connectivity index (χ4v) is 4.17. The summed E-state index contributed by atoms with van der Waals surface area (Å²) in [5, 5.41) is 18.9. The molecule has 0 fully saturated rings. The molecule has 4 aromatic rings. The lowest BCUT2D eigenvalue weighted by atomic mass is 10.1. The van der Waals surface area contributed by atoms with Crippen LogP contribution in [0, 0.1) is 0 Å². The highest BCUT2D eigenvalue weighted by Gasteiger charge is 2.15. The summed E-state index contributed by atoms with van der Waals surface area (Å²) in [6.07, 6.45) is 0. The number of hydrogen-bond donors (Lipinski definition) is 1. The average Bonchev–Trinajstić information content (AvgIpc) is 3.29. The number of fused-ring (bicyclic) bond motifs is 1. The zero-order valence-corrected chi connectivity index (χ0v) is 17.3. The highest BCUT2D eigenvalue weighted by Crippen LogP contribution is 2.31. The first-order chi connectivity index (χ1) is 13.9. The maximum absolute atomic E-state index is 11.4. The lowest BCUT2D eigenvalue weighted by Crippen LogP contribution is -2.02. The fraction of sp³-hybridized carbons (Fsp3) is 0.143. The molecule has 0 saturated heterocycles. The zero-order valence-electron chi connectivity index (χ0n) is 15.7. The van der Waals surface area contributed by atoms with Gasteiger partial charge in [-0.1, -0.05) is 41.1 Å². The summed E-state index contributed by atoms with van der Waals surface area (Å²) in [6.45, 7) is 1.96. The molecule has 0 aliphatic carbocycles. The number of carbonyl (C=O) groups is 1. The largest absolute Gasteiger partial charge is 0.478 e. The van der Waals surface area contributed by atoms with Crippen LogP contribution in [0.2, 0.25) is 5.02 Å². The number of benzene rings is 2. The van der Waals surface area contributed by atoms with Crippen molar-refractivity contribution in [2.45, 2.75) is 13.0 Å². The van der Waals surface area contributed by atoms with Crippen LogP contribution in [-0.2, 0) is 7.05 Å². The summed E-state index contributed by atoms with van der Waals surface area (Å²) in [5.74, 6) is -1.05. The Labute approximate surface area is 176 Å². The number of aromatic nitrogens is 2. The SMILES string of the molecule is CC(N=Nc1nc2ccccc2s1)c1ccc(-c2ccc(Cl)c(C(=O)O)c2)n1C. The van der Waals surface area contributed by atoms with E-state index < -0.39 is 5.97 Å². The van der Waals surface area contributed by atoms with Gasteiger partial charge in [0, 0.05) is 18.4 Å². The third-order valence-corrected chi connectivity index (χ3v) is 5.93. The van der Waals surface area contributed by atoms with Crippen molar-refractivity contribution in [3.05, 3.63) is 70.9 Å². The molecule has 1 atom stereocenters. The first-order valence-electron chi connectivity index (χ1n) is 8.89. The van der Waals surface area contributed by atoms with Gasteiger partial charge in [0.15, 0.2) is 0 Å². The minimum absolute atomic E-state index is 0.0792. The molecule has 0 aliphatic heterocycles. The maximum Gasteiger partial charge on any atom is 0.337 e. The molecule has 29 heavy (non-hydrogen) atoms. The van der Waals surface area contributed by atoms with Crippen molar-refractivity contribution >= 4 is 44.3 Å². The summed E-state index contributed by atoms with van der Waals surface area (Å²) in [5.41, 5.74) is 3.60. The Kier molecular flexibility index (Phi) is 5.17. The average molecular weight is 425 g/mol. The van der Waals surface area contributed by atoms with Crippen LogP contribution >= 0.6 is 22.9 Å². The van der Waals surface area contributed by atoms with Crippen molar-refractivity contribution in [2.75, 3.05) is 0 Å². The van der Waals surface area contributed by atoms with Crippen molar-refractivity contribution in [3.63, 3.8) is 0 Å². The summed E-state index contributed by atoms with van der Waals surface area (Å²) >= 11 is 7.48. The number of halogens is 1. The molecule has 2 aromatic heterocycles. The number of carboxylic acid groups (broad SMARTS) is 1. The molecule has 1 N–H and O–H groups in total. The summed E-state index contributed by atoms with van der Waals surface area (Å²) < 4.78 is 3.06. The molecule has 0 amide bonds. The van der Waals surface area contributed by atoms with Gasteiger partial charge in [-0.2, -0.15) is 5.11 Å². The lowest BCUT2D eigenvalue weighted by molar-refractivity contribution is 0.0697. The highest BCUT2D eigenvalue weighted by atomic mass is 35.5. The molecule has 0 saturated carbocycles. The Morgan fingerprint density at radius 3 is 2.76 bits per heavy atom. The van der Waals surface area contributed by atoms with E-state index in [2.05, 4.69) is 15.2 Å². The monoisotopic (exact) mass is 424 g/mol. The molecular weight excluding hydrogens is 408 g/mol. The van der Waals surface area contributed by atoms with Gasteiger partial charge in [-0.05, 0) is 48.9 Å².